The molecule has 0 saturated heterocycles. The van der Waals surface area contributed by atoms with Crippen LogP contribution in [0.1, 0.15) is 163 Å². The monoisotopic (exact) mass is 573 g/mol. The zero-order chi connectivity index (χ0) is 32.2. The van der Waals surface area contributed by atoms with Crippen LogP contribution in [0.4, 0.5) is 0 Å². The highest BCUT2D eigenvalue weighted by molar-refractivity contribution is 5.17. The maximum absolute atomic E-state index is 4.70. The SMILES string of the molecule is C=C(CCC(C)C(C)C(C)C(CC)C(C)C1(C)C(C)C1(C)CCC)C(C)C(C)C(C)C(C)C(C)(CC(C)C)C(C)C. The first-order valence-corrected chi connectivity index (χ1v) is 18.4. The van der Waals surface area contributed by atoms with Crippen molar-refractivity contribution in [3.63, 3.8) is 0 Å². The molecule has 0 spiro atoms. The Labute approximate surface area is 262 Å². The Hall–Kier alpha value is -0.260. The Balaban J connectivity index is 2.84. The molecule has 0 heterocycles. The lowest BCUT2D eigenvalue weighted by Crippen LogP contribution is -2.39. The highest BCUT2D eigenvalue weighted by Crippen LogP contribution is 2.75. The fourth-order valence-electron chi connectivity index (χ4n) is 10.2. The summed E-state index contributed by atoms with van der Waals surface area (Å²) in [4.78, 5) is 0. The largest absolute Gasteiger partial charge is 0.0996 e. The zero-order valence-electron chi connectivity index (χ0n) is 31.9. The molecule has 0 nitrogen and oxygen atoms in total. The highest BCUT2D eigenvalue weighted by Gasteiger charge is 2.70. The highest BCUT2D eigenvalue weighted by atomic mass is 14.7. The van der Waals surface area contributed by atoms with Crippen molar-refractivity contribution in [1.29, 1.82) is 0 Å². The minimum Gasteiger partial charge on any atom is -0.0996 e. The molecule has 0 radical (unpaired) electrons. The molecule has 0 aliphatic heterocycles. The van der Waals surface area contributed by atoms with Crippen molar-refractivity contribution in [3.05, 3.63) is 12.2 Å². The average molecular weight is 573 g/mol. The maximum Gasteiger partial charge on any atom is -0.0206 e. The van der Waals surface area contributed by atoms with Crippen molar-refractivity contribution in [2.24, 2.45) is 87.3 Å². The van der Waals surface area contributed by atoms with E-state index < -0.39 is 0 Å². The maximum atomic E-state index is 4.70. The number of hydrogen-bond donors (Lipinski definition) is 0. The van der Waals surface area contributed by atoms with Gasteiger partial charge in [0, 0.05) is 0 Å². The lowest BCUT2D eigenvalue weighted by molar-refractivity contribution is 0.0335. The predicted octanol–water partition coefficient (Wildman–Crippen LogP) is 13.6. The van der Waals surface area contributed by atoms with Gasteiger partial charge in [0.1, 0.15) is 0 Å². The van der Waals surface area contributed by atoms with E-state index in [4.69, 9.17) is 6.58 Å². The summed E-state index contributed by atoms with van der Waals surface area (Å²) in [7, 11) is 0. The van der Waals surface area contributed by atoms with Gasteiger partial charge in [0.05, 0.1) is 0 Å². The Morgan fingerprint density at radius 2 is 1.34 bits per heavy atom. The van der Waals surface area contributed by atoms with Gasteiger partial charge < -0.3 is 0 Å². The van der Waals surface area contributed by atoms with Gasteiger partial charge in [0.2, 0.25) is 0 Å². The molecule has 1 rings (SSSR count). The van der Waals surface area contributed by atoms with Crippen LogP contribution in [0.15, 0.2) is 12.2 Å². The standard InChI is InChI=1S/C41H80/c1-20-24-40(18)37(16)41(40,19)36(15)38(21-2)34(13)31(10)29(8)23-22-28(7)30(9)32(11)33(12)35(14)39(17,27(5)6)25-26(3)4/h26-27,29-38H,7,20-25H2,1-6,8-19H3. The molecule has 41 heavy (non-hydrogen) atoms. The first-order chi connectivity index (χ1) is 18.7. The molecule has 244 valence electrons. The Morgan fingerprint density at radius 3 is 1.78 bits per heavy atom. The van der Waals surface area contributed by atoms with Crippen molar-refractivity contribution in [2.45, 2.75) is 163 Å². The van der Waals surface area contributed by atoms with Gasteiger partial charge in [-0.3, -0.25) is 0 Å². The van der Waals surface area contributed by atoms with Gasteiger partial charge in [0.25, 0.3) is 0 Å². The van der Waals surface area contributed by atoms with Crippen LogP contribution >= 0.6 is 0 Å². The molecular formula is C41H80. The van der Waals surface area contributed by atoms with Crippen molar-refractivity contribution in [1.82, 2.24) is 0 Å². The number of hydrogen-bond acceptors (Lipinski definition) is 0. The molecule has 0 aromatic rings. The van der Waals surface area contributed by atoms with Crippen LogP contribution in [0, 0.1) is 87.3 Å². The van der Waals surface area contributed by atoms with Gasteiger partial charge >= 0.3 is 0 Å². The topological polar surface area (TPSA) is 0 Å². The van der Waals surface area contributed by atoms with Crippen LogP contribution in [0.25, 0.3) is 0 Å². The van der Waals surface area contributed by atoms with E-state index in [-0.39, 0.29) is 0 Å². The van der Waals surface area contributed by atoms with Crippen LogP contribution in [0.5, 0.6) is 0 Å². The molecule has 13 atom stereocenters. The quantitative estimate of drug-likeness (QED) is 0.135. The normalized spacial score (nSPS) is 31.1. The molecular weight excluding hydrogens is 492 g/mol. The molecule has 0 bridgehead atoms. The third-order valence-electron chi connectivity index (χ3n) is 15.4. The smallest absolute Gasteiger partial charge is 0.0206 e. The van der Waals surface area contributed by atoms with Gasteiger partial charge in [-0.2, -0.15) is 0 Å². The van der Waals surface area contributed by atoms with Crippen LogP contribution in [-0.4, -0.2) is 0 Å². The third-order valence-corrected chi connectivity index (χ3v) is 15.4. The second-order valence-corrected chi connectivity index (χ2v) is 17.5. The number of allylic oxidation sites excluding steroid dienone is 1. The molecule has 1 fully saturated rings. The third kappa shape index (κ3) is 7.88. The summed E-state index contributed by atoms with van der Waals surface area (Å²) in [5.74, 6) is 8.80. The van der Waals surface area contributed by atoms with E-state index in [0.717, 1.165) is 41.4 Å². The van der Waals surface area contributed by atoms with Gasteiger partial charge in [0.15, 0.2) is 0 Å². The molecule has 1 aliphatic rings. The van der Waals surface area contributed by atoms with Crippen molar-refractivity contribution >= 4 is 0 Å². The molecule has 0 amide bonds. The van der Waals surface area contributed by atoms with E-state index in [0.29, 0.717) is 45.8 Å². The second-order valence-electron chi connectivity index (χ2n) is 17.5. The fourth-order valence-corrected chi connectivity index (χ4v) is 10.2. The van der Waals surface area contributed by atoms with E-state index in [9.17, 15) is 0 Å². The minimum atomic E-state index is 0.388. The summed E-state index contributed by atoms with van der Waals surface area (Å²) in [6.07, 6.45) is 7.81. The average Bonchev–Trinajstić information content (AvgIpc) is 3.34. The fraction of sp³-hybridized carbons (Fsp3) is 0.951. The van der Waals surface area contributed by atoms with Crippen molar-refractivity contribution in [2.75, 3.05) is 0 Å². The van der Waals surface area contributed by atoms with Crippen molar-refractivity contribution < 1.29 is 0 Å². The summed E-state index contributed by atoms with van der Waals surface area (Å²) < 4.78 is 0. The molecule has 1 saturated carbocycles. The van der Waals surface area contributed by atoms with E-state index >= 15 is 0 Å². The van der Waals surface area contributed by atoms with Crippen LogP contribution in [-0.2, 0) is 0 Å². The molecule has 13 unspecified atom stereocenters. The first-order valence-electron chi connectivity index (χ1n) is 18.4. The Morgan fingerprint density at radius 1 is 0.805 bits per heavy atom. The molecule has 1 aliphatic carbocycles. The van der Waals surface area contributed by atoms with Crippen molar-refractivity contribution in [3.8, 4) is 0 Å². The van der Waals surface area contributed by atoms with Crippen LogP contribution in [0.3, 0.4) is 0 Å². The summed E-state index contributed by atoms with van der Waals surface area (Å²) in [6, 6.07) is 0. The lowest BCUT2D eigenvalue weighted by atomic mass is 9.59. The Kier molecular flexibility index (Phi) is 14.3. The molecule has 0 aromatic heterocycles. The van der Waals surface area contributed by atoms with Gasteiger partial charge in [-0.05, 0) is 113 Å². The van der Waals surface area contributed by atoms with E-state index in [1.54, 1.807) is 0 Å². The van der Waals surface area contributed by atoms with Crippen LogP contribution in [0.2, 0.25) is 0 Å². The van der Waals surface area contributed by atoms with E-state index in [1.165, 1.54) is 44.1 Å². The first kappa shape index (κ1) is 38.8. The Bertz CT molecular complexity index is 790. The summed E-state index contributed by atoms with van der Waals surface area (Å²) in [6.45, 7) is 49.9. The zero-order valence-corrected chi connectivity index (χ0v) is 31.9. The summed E-state index contributed by atoms with van der Waals surface area (Å²) in [5.41, 5.74) is 2.91. The van der Waals surface area contributed by atoms with Crippen LogP contribution < -0.4 is 0 Å². The molecule has 0 aromatic carbocycles. The predicted molar refractivity (Wildman–Crippen MR) is 188 cm³/mol. The van der Waals surface area contributed by atoms with Gasteiger partial charge in [-0.1, -0.05) is 150 Å². The van der Waals surface area contributed by atoms with Gasteiger partial charge in [-0.15, -0.1) is 0 Å². The van der Waals surface area contributed by atoms with Gasteiger partial charge in [-0.25, -0.2) is 0 Å². The number of rotatable bonds is 19. The van der Waals surface area contributed by atoms with E-state index in [1.807, 2.05) is 0 Å². The molecule has 0 heteroatoms. The second kappa shape index (κ2) is 15.2. The van der Waals surface area contributed by atoms with E-state index in [2.05, 4.69) is 125 Å². The summed E-state index contributed by atoms with van der Waals surface area (Å²) in [5, 5.41) is 0. The molecule has 0 N–H and O–H groups in total. The lowest BCUT2D eigenvalue weighted by Gasteiger charge is -2.46. The minimum absolute atomic E-state index is 0.388. The summed E-state index contributed by atoms with van der Waals surface area (Å²) >= 11 is 0.